The highest BCUT2D eigenvalue weighted by atomic mass is 19.3. The lowest BCUT2D eigenvalue weighted by Crippen LogP contribution is -2.24. The molecule has 1 heterocycles. The van der Waals surface area contributed by atoms with Gasteiger partial charge in [-0.3, -0.25) is 9.59 Å². The van der Waals surface area contributed by atoms with Crippen molar-refractivity contribution < 1.29 is 18.4 Å². The highest BCUT2D eigenvalue weighted by Crippen LogP contribution is 2.22. The van der Waals surface area contributed by atoms with Crippen LogP contribution in [0, 0.1) is 6.92 Å². The standard InChI is InChI=1S/C24H20F2N4O2/c1-14-6-8-15(9-7-14)13-27-24(32)17-4-2-3-5-18(17)30-23(31)16-10-11-19-20(12-16)29-22(28-19)21(25)26/h2-12,21H,13H2,1H3,(H,27,32)(H,28,29)(H,30,31). The van der Waals surface area contributed by atoms with Crippen molar-refractivity contribution >= 4 is 28.5 Å². The highest BCUT2D eigenvalue weighted by molar-refractivity contribution is 6.09. The van der Waals surface area contributed by atoms with Gasteiger partial charge in [0.1, 0.15) is 0 Å². The maximum absolute atomic E-state index is 12.8. The van der Waals surface area contributed by atoms with Gasteiger partial charge in [0, 0.05) is 12.1 Å². The summed E-state index contributed by atoms with van der Waals surface area (Å²) in [7, 11) is 0. The number of carbonyl (C=O) groups is 2. The maximum atomic E-state index is 12.8. The molecule has 0 saturated heterocycles. The highest BCUT2D eigenvalue weighted by Gasteiger charge is 2.16. The molecular weight excluding hydrogens is 414 g/mol. The molecule has 8 heteroatoms. The first kappa shape index (κ1) is 21.2. The number of H-pyrrole nitrogens is 1. The van der Waals surface area contributed by atoms with Crippen molar-refractivity contribution in [1.29, 1.82) is 0 Å². The van der Waals surface area contributed by atoms with Crippen LogP contribution in [0.15, 0.2) is 66.7 Å². The van der Waals surface area contributed by atoms with E-state index in [4.69, 9.17) is 0 Å². The number of imidazole rings is 1. The molecule has 162 valence electrons. The molecule has 4 aromatic rings. The van der Waals surface area contributed by atoms with E-state index < -0.39 is 18.2 Å². The summed E-state index contributed by atoms with van der Waals surface area (Å²) in [5, 5.41) is 5.58. The van der Waals surface area contributed by atoms with Crippen LogP contribution >= 0.6 is 0 Å². The van der Waals surface area contributed by atoms with Gasteiger partial charge in [-0.15, -0.1) is 0 Å². The van der Waals surface area contributed by atoms with Crippen molar-refractivity contribution in [2.75, 3.05) is 5.32 Å². The third-order valence-corrected chi connectivity index (χ3v) is 4.96. The van der Waals surface area contributed by atoms with Crippen LogP contribution in [0.4, 0.5) is 14.5 Å². The molecule has 0 saturated carbocycles. The quantitative estimate of drug-likeness (QED) is 0.400. The summed E-state index contributed by atoms with van der Waals surface area (Å²) in [4.78, 5) is 31.8. The number of para-hydroxylation sites is 1. The van der Waals surface area contributed by atoms with Gasteiger partial charge in [0.25, 0.3) is 18.2 Å². The number of halogens is 2. The van der Waals surface area contributed by atoms with Gasteiger partial charge >= 0.3 is 0 Å². The lowest BCUT2D eigenvalue weighted by molar-refractivity contribution is 0.0951. The van der Waals surface area contributed by atoms with E-state index in [2.05, 4.69) is 20.6 Å². The van der Waals surface area contributed by atoms with E-state index in [1.165, 1.54) is 18.2 Å². The summed E-state index contributed by atoms with van der Waals surface area (Å²) >= 11 is 0. The Kier molecular flexibility index (Phi) is 5.93. The van der Waals surface area contributed by atoms with Crippen molar-refractivity contribution in [1.82, 2.24) is 15.3 Å². The molecule has 2 amide bonds. The Morgan fingerprint density at radius 1 is 1.00 bits per heavy atom. The summed E-state index contributed by atoms with van der Waals surface area (Å²) in [5.41, 5.74) is 3.67. The lowest BCUT2D eigenvalue weighted by atomic mass is 10.1. The van der Waals surface area contributed by atoms with Crippen LogP contribution in [-0.4, -0.2) is 21.8 Å². The van der Waals surface area contributed by atoms with Gasteiger partial charge in [-0.05, 0) is 42.8 Å². The number of nitrogens with zero attached hydrogens (tertiary/aromatic N) is 1. The minimum atomic E-state index is -2.73. The molecule has 0 fully saturated rings. The Morgan fingerprint density at radius 2 is 1.75 bits per heavy atom. The minimum absolute atomic E-state index is 0.247. The van der Waals surface area contributed by atoms with Gasteiger partial charge in [0.15, 0.2) is 5.82 Å². The SMILES string of the molecule is Cc1ccc(CNC(=O)c2ccccc2NC(=O)c2ccc3nc(C(F)F)[nH]c3c2)cc1. The fourth-order valence-electron chi connectivity index (χ4n) is 3.24. The third-order valence-electron chi connectivity index (χ3n) is 4.96. The van der Waals surface area contributed by atoms with Crippen LogP contribution in [-0.2, 0) is 6.54 Å². The fraction of sp³-hybridized carbons (Fsp3) is 0.125. The molecular formula is C24H20F2N4O2. The van der Waals surface area contributed by atoms with E-state index in [0.29, 0.717) is 28.8 Å². The molecule has 6 nitrogen and oxygen atoms in total. The Labute approximate surface area is 182 Å². The zero-order valence-electron chi connectivity index (χ0n) is 17.2. The third kappa shape index (κ3) is 4.64. The predicted octanol–water partition coefficient (Wildman–Crippen LogP) is 4.99. The van der Waals surface area contributed by atoms with Crippen LogP contribution in [0.5, 0.6) is 0 Å². The number of benzene rings is 3. The summed E-state index contributed by atoms with van der Waals surface area (Å²) in [6.45, 7) is 2.34. The molecule has 32 heavy (non-hydrogen) atoms. The average Bonchev–Trinajstić information content (AvgIpc) is 3.23. The zero-order chi connectivity index (χ0) is 22.7. The number of fused-ring (bicyclic) bond motifs is 1. The molecule has 0 spiro atoms. The van der Waals surface area contributed by atoms with Crippen molar-refractivity contribution in [3.63, 3.8) is 0 Å². The van der Waals surface area contributed by atoms with E-state index in [0.717, 1.165) is 11.1 Å². The molecule has 3 aromatic carbocycles. The number of rotatable bonds is 6. The molecule has 0 aliphatic rings. The topological polar surface area (TPSA) is 86.9 Å². The van der Waals surface area contributed by atoms with Gasteiger partial charge < -0.3 is 15.6 Å². The summed E-state index contributed by atoms with van der Waals surface area (Å²) in [5.74, 6) is -1.25. The molecule has 0 atom stereocenters. The van der Waals surface area contributed by atoms with Crippen LogP contribution < -0.4 is 10.6 Å². The van der Waals surface area contributed by atoms with Crippen LogP contribution in [0.2, 0.25) is 0 Å². The maximum Gasteiger partial charge on any atom is 0.295 e. The average molecular weight is 434 g/mol. The molecule has 1 aromatic heterocycles. The van der Waals surface area contributed by atoms with Crippen molar-refractivity contribution in [3.05, 3.63) is 94.8 Å². The monoisotopic (exact) mass is 434 g/mol. The number of anilines is 1. The van der Waals surface area contributed by atoms with E-state index >= 15 is 0 Å². The number of hydrogen-bond donors (Lipinski definition) is 3. The number of hydrogen-bond acceptors (Lipinski definition) is 3. The fourth-order valence-corrected chi connectivity index (χ4v) is 3.24. The van der Waals surface area contributed by atoms with Crippen molar-refractivity contribution in [2.45, 2.75) is 19.9 Å². The van der Waals surface area contributed by atoms with Gasteiger partial charge in [-0.2, -0.15) is 0 Å². The number of aromatic amines is 1. The lowest BCUT2D eigenvalue weighted by Gasteiger charge is -2.12. The second-order valence-electron chi connectivity index (χ2n) is 7.32. The van der Waals surface area contributed by atoms with E-state index in [9.17, 15) is 18.4 Å². The number of alkyl halides is 2. The number of aromatic nitrogens is 2. The normalized spacial score (nSPS) is 11.0. The first-order valence-electron chi connectivity index (χ1n) is 9.92. The van der Waals surface area contributed by atoms with Crippen molar-refractivity contribution in [2.24, 2.45) is 0 Å². The van der Waals surface area contributed by atoms with Gasteiger partial charge in [0.2, 0.25) is 0 Å². The Morgan fingerprint density at radius 3 is 2.50 bits per heavy atom. The van der Waals surface area contributed by atoms with Crippen LogP contribution in [0.1, 0.15) is 44.1 Å². The van der Waals surface area contributed by atoms with Gasteiger partial charge in [0.05, 0.1) is 22.3 Å². The Balaban J connectivity index is 1.49. The van der Waals surface area contributed by atoms with E-state index in [-0.39, 0.29) is 11.5 Å². The zero-order valence-corrected chi connectivity index (χ0v) is 17.2. The van der Waals surface area contributed by atoms with E-state index in [1.54, 1.807) is 24.3 Å². The summed E-state index contributed by atoms with van der Waals surface area (Å²) < 4.78 is 25.7. The molecule has 3 N–H and O–H groups in total. The van der Waals surface area contributed by atoms with Crippen LogP contribution in [0.25, 0.3) is 11.0 Å². The molecule has 0 radical (unpaired) electrons. The predicted molar refractivity (Wildman–Crippen MR) is 118 cm³/mol. The summed E-state index contributed by atoms with van der Waals surface area (Å²) in [6, 6.07) is 18.9. The summed E-state index contributed by atoms with van der Waals surface area (Å²) in [6.07, 6.45) is -2.73. The molecule has 0 aliphatic carbocycles. The number of amides is 2. The second kappa shape index (κ2) is 8.97. The van der Waals surface area contributed by atoms with Gasteiger partial charge in [-0.25, -0.2) is 13.8 Å². The van der Waals surface area contributed by atoms with Gasteiger partial charge in [-0.1, -0.05) is 42.0 Å². The van der Waals surface area contributed by atoms with E-state index in [1.807, 2.05) is 31.2 Å². The Hall–Kier alpha value is -4.07. The molecule has 0 bridgehead atoms. The molecule has 0 unspecified atom stereocenters. The smallest absolute Gasteiger partial charge is 0.295 e. The first-order chi connectivity index (χ1) is 15.4. The van der Waals surface area contributed by atoms with Crippen LogP contribution in [0.3, 0.4) is 0 Å². The first-order valence-corrected chi connectivity index (χ1v) is 9.92. The molecule has 4 rings (SSSR count). The number of aryl methyl sites for hydroxylation is 1. The second-order valence-corrected chi connectivity index (χ2v) is 7.32. The largest absolute Gasteiger partial charge is 0.348 e. The molecule has 0 aliphatic heterocycles. The Bertz CT molecular complexity index is 1280. The number of nitrogens with one attached hydrogen (secondary N) is 3. The number of carbonyl (C=O) groups excluding carboxylic acids is 2. The van der Waals surface area contributed by atoms with Crippen molar-refractivity contribution in [3.8, 4) is 0 Å². The minimum Gasteiger partial charge on any atom is -0.348 e.